The summed E-state index contributed by atoms with van der Waals surface area (Å²) in [4.78, 5) is 0. The summed E-state index contributed by atoms with van der Waals surface area (Å²) in [5, 5.41) is 17.4. The molecule has 136 valence electrons. The molecule has 2 aromatic heterocycles. The van der Waals surface area contributed by atoms with E-state index in [0.717, 1.165) is 16.9 Å². The van der Waals surface area contributed by atoms with Gasteiger partial charge in [0.05, 0.1) is 18.7 Å². The minimum absolute atomic E-state index is 0.293. The molecule has 0 fully saturated rings. The summed E-state index contributed by atoms with van der Waals surface area (Å²) in [5.74, 6) is 0.828. The van der Waals surface area contributed by atoms with Crippen molar-refractivity contribution in [3.63, 3.8) is 0 Å². The first-order chi connectivity index (χ1) is 13.2. The number of methoxy groups -OCH3 is 1. The number of hydrogen-bond donors (Lipinski definition) is 0. The molecule has 4 aromatic rings. The summed E-state index contributed by atoms with van der Waals surface area (Å²) in [6.45, 7) is 0.293. The molecule has 0 bridgehead atoms. The maximum Gasteiger partial charge on any atom is 0.270 e. The summed E-state index contributed by atoms with van der Waals surface area (Å²) >= 11 is 5.97. The maximum atomic E-state index is 5.97. The minimum Gasteiger partial charge on any atom is -0.419 e. The van der Waals surface area contributed by atoms with Crippen LogP contribution in [0.2, 0.25) is 5.02 Å². The van der Waals surface area contributed by atoms with E-state index in [2.05, 4.69) is 20.5 Å². The Hall–Kier alpha value is -3.03. The third-order valence-corrected chi connectivity index (χ3v) is 4.24. The van der Waals surface area contributed by atoms with Gasteiger partial charge in [-0.05, 0) is 29.8 Å². The molecule has 0 aliphatic carbocycles. The van der Waals surface area contributed by atoms with Gasteiger partial charge in [0.2, 0.25) is 5.89 Å². The lowest BCUT2D eigenvalue weighted by Gasteiger charge is -2.06. The van der Waals surface area contributed by atoms with Gasteiger partial charge < -0.3 is 9.15 Å². The topological polar surface area (TPSA) is 78.9 Å². The molecule has 0 N–H and O–H groups in total. The molecule has 0 unspecified atom stereocenters. The largest absolute Gasteiger partial charge is 0.419 e. The average Bonchev–Trinajstić information content (AvgIpc) is 3.31. The van der Waals surface area contributed by atoms with Crippen molar-refractivity contribution in [3.05, 3.63) is 76.8 Å². The van der Waals surface area contributed by atoms with E-state index in [0.29, 0.717) is 35.5 Å². The number of ether oxygens (including phenoxy) is 1. The number of halogens is 1. The van der Waals surface area contributed by atoms with Crippen LogP contribution in [0.3, 0.4) is 0 Å². The van der Waals surface area contributed by atoms with Gasteiger partial charge in [0.15, 0.2) is 5.69 Å². The zero-order valence-corrected chi connectivity index (χ0v) is 15.3. The number of aromatic nitrogens is 5. The van der Waals surface area contributed by atoms with Crippen LogP contribution in [0.1, 0.15) is 17.1 Å². The lowest BCUT2D eigenvalue weighted by Crippen LogP contribution is -2.04. The Balaban J connectivity index is 1.67. The SMILES string of the molecule is COCc1c(-c2nnc(Cc3ccccc3)o2)nnn1-c1ccc(Cl)cc1. The number of hydrogen-bond acceptors (Lipinski definition) is 6. The highest BCUT2D eigenvalue weighted by Gasteiger charge is 2.21. The van der Waals surface area contributed by atoms with E-state index in [-0.39, 0.29) is 0 Å². The second-order valence-electron chi connectivity index (χ2n) is 5.87. The Bertz CT molecular complexity index is 1030. The molecule has 2 heterocycles. The Kier molecular flexibility index (Phi) is 4.95. The first kappa shape index (κ1) is 17.4. The van der Waals surface area contributed by atoms with Crippen LogP contribution in [0.15, 0.2) is 59.0 Å². The Morgan fingerprint density at radius 2 is 1.78 bits per heavy atom. The van der Waals surface area contributed by atoms with Crippen LogP contribution in [0.4, 0.5) is 0 Å². The third-order valence-electron chi connectivity index (χ3n) is 3.98. The molecule has 0 aliphatic rings. The second kappa shape index (κ2) is 7.69. The quantitative estimate of drug-likeness (QED) is 0.506. The highest BCUT2D eigenvalue weighted by Crippen LogP contribution is 2.24. The van der Waals surface area contributed by atoms with Gasteiger partial charge in [-0.25, -0.2) is 4.68 Å². The van der Waals surface area contributed by atoms with Crippen LogP contribution in [-0.4, -0.2) is 32.3 Å². The highest BCUT2D eigenvalue weighted by atomic mass is 35.5. The minimum atomic E-state index is 0.293. The summed E-state index contributed by atoms with van der Waals surface area (Å²) < 4.78 is 12.8. The lowest BCUT2D eigenvalue weighted by atomic mass is 10.2. The van der Waals surface area contributed by atoms with Crippen molar-refractivity contribution >= 4 is 11.6 Å². The third kappa shape index (κ3) is 3.74. The lowest BCUT2D eigenvalue weighted by molar-refractivity contribution is 0.179. The second-order valence-corrected chi connectivity index (χ2v) is 6.31. The Morgan fingerprint density at radius 1 is 1.00 bits per heavy atom. The first-order valence-corrected chi connectivity index (χ1v) is 8.68. The van der Waals surface area contributed by atoms with Gasteiger partial charge in [-0.3, -0.25) is 0 Å². The van der Waals surface area contributed by atoms with Gasteiger partial charge in [-0.1, -0.05) is 47.1 Å². The molecule has 4 rings (SSSR count). The van der Waals surface area contributed by atoms with E-state index in [1.807, 2.05) is 42.5 Å². The van der Waals surface area contributed by atoms with E-state index in [1.54, 1.807) is 23.9 Å². The highest BCUT2D eigenvalue weighted by molar-refractivity contribution is 6.30. The summed E-state index contributed by atoms with van der Waals surface area (Å²) in [5.41, 5.74) is 3.12. The van der Waals surface area contributed by atoms with Crippen LogP contribution in [0.5, 0.6) is 0 Å². The van der Waals surface area contributed by atoms with Crippen molar-refractivity contribution in [3.8, 4) is 17.3 Å². The van der Waals surface area contributed by atoms with Crippen molar-refractivity contribution in [2.24, 2.45) is 0 Å². The van der Waals surface area contributed by atoms with E-state index in [9.17, 15) is 0 Å². The maximum absolute atomic E-state index is 5.97. The van der Waals surface area contributed by atoms with Crippen molar-refractivity contribution in [2.45, 2.75) is 13.0 Å². The van der Waals surface area contributed by atoms with E-state index >= 15 is 0 Å². The Morgan fingerprint density at radius 3 is 2.52 bits per heavy atom. The van der Waals surface area contributed by atoms with Crippen molar-refractivity contribution < 1.29 is 9.15 Å². The van der Waals surface area contributed by atoms with E-state index in [1.165, 1.54) is 0 Å². The van der Waals surface area contributed by atoms with Crippen molar-refractivity contribution in [1.29, 1.82) is 0 Å². The van der Waals surface area contributed by atoms with E-state index in [4.69, 9.17) is 20.8 Å². The summed E-state index contributed by atoms with van der Waals surface area (Å²) in [6, 6.07) is 17.2. The molecule has 0 saturated heterocycles. The van der Waals surface area contributed by atoms with Crippen LogP contribution < -0.4 is 0 Å². The zero-order valence-electron chi connectivity index (χ0n) is 14.5. The molecule has 0 radical (unpaired) electrons. The molecule has 8 heteroatoms. The zero-order chi connectivity index (χ0) is 18.6. The monoisotopic (exact) mass is 381 g/mol. The standard InChI is InChI=1S/C19H16ClN5O2/c1-26-12-16-18(22-24-25(16)15-9-7-14(20)8-10-15)19-23-21-17(27-19)11-13-5-3-2-4-6-13/h2-10H,11-12H2,1H3. The molecular weight excluding hydrogens is 366 g/mol. The number of rotatable bonds is 6. The Labute approximate surface area is 160 Å². The van der Waals surface area contributed by atoms with Gasteiger partial charge in [0.25, 0.3) is 5.89 Å². The van der Waals surface area contributed by atoms with Crippen LogP contribution >= 0.6 is 11.6 Å². The smallest absolute Gasteiger partial charge is 0.270 e. The molecule has 0 atom stereocenters. The number of nitrogens with zero attached hydrogens (tertiary/aromatic N) is 5. The summed E-state index contributed by atoms with van der Waals surface area (Å²) in [6.07, 6.45) is 0.554. The predicted molar refractivity (Wildman–Crippen MR) is 99.6 cm³/mol. The molecule has 7 nitrogen and oxygen atoms in total. The molecule has 0 spiro atoms. The van der Waals surface area contributed by atoms with Gasteiger partial charge in [0.1, 0.15) is 5.69 Å². The van der Waals surface area contributed by atoms with E-state index < -0.39 is 0 Å². The van der Waals surface area contributed by atoms with Gasteiger partial charge in [0, 0.05) is 12.1 Å². The molecule has 27 heavy (non-hydrogen) atoms. The van der Waals surface area contributed by atoms with Crippen molar-refractivity contribution in [2.75, 3.05) is 7.11 Å². The predicted octanol–water partition coefficient (Wildman–Crippen LogP) is 3.71. The normalized spacial score (nSPS) is 11.0. The average molecular weight is 382 g/mol. The number of benzene rings is 2. The fraction of sp³-hybridized carbons (Fsp3) is 0.158. The van der Waals surface area contributed by atoms with Gasteiger partial charge in [-0.2, -0.15) is 0 Å². The first-order valence-electron chi connectivity index (χ1n) is 8.30. The van der Waals surface area contributed by atoms with Gasteiger partial charge in [-0.15, -0.1) is 15.3 Å². The molecular formula is C19H16ClN5O2. The van der Waals surface area contributed by atoms with Crippen LogP contribution in [0.25, 0.3) is 17.3 Å². The van der Waals surface area contributed by atoms with Crippen LogP contribution in [0, 0.1) is 0 Å². The fourth-order valence-electron chi connectivity index (χ4n) is 2.71. The van der Waals surface area contributed by atoms with Gasteiger partial charge >= 0.3 is 0 Å². The van der Waals surface area contributed by atoms with Crippen molar-refractivity contribution in [1.82, 2.24) is 25.2 Å². The molecule has 0 saturated carbocycles. The fourth-order valence-corrected chi connectivity index (χ4v) is 2.84. The summed E-state index contributed by atoms with van der Waals surface area (Å²) in [7, 11) is 1.61. The molecule has 2 aromatic carbocycles. The molecule has 0 aliphatic heterocycles. The van der Waals surface area contributed by atoms with Crippen LogP contribution in [-0.2, 0) is 17.8 Å². The molecule has 0 amide bonds.